The van der Waals surface area contributed by atoms with E-state index in [0.29, 0.717) is 5.69 Å². The van der Waals surface area contributed by atoms with E-state index in [0.717, 1.165) is 0 Å². The van der Waals surface area contributed by atoms with Gasteiger partial charge in [-0.15, -0.1) is 0 Å². The highest BCUT2D eigenvalue weighted by Gasteiger charge is 2.21. The molecule has 0 radical (unpaired) electrons. The van der Waals surface area contributed by atoms with Gasteiger partial charge in [-0.3, -0.25) is 0 Å². The molecular weight excluding hydrogens is 276 g/mol. The van der Waals surface area contributed by atoms with Crippen LogP contribution in [0, 0.1) is 5.92 Å². The summed E-state index contributed by atoms with van der Waals surface area (Å²) in [5, 5.41) is 12.3. The van der Waals surface area contributed by atoms with Crippen molar-refractivity contribution in [2.45, 2.75) is 44.7 Å². The first-order chi connectivity index (χ1) is 9.27. The van der Waals surface area contributed by atoms with Gasteiger partial charge in [0, 0.05) is 18.7 Å². The lowest BCUT2D eigenvalue weighted by Crippen LogP contribution is -2.32. The predicted molar refractivity (Wildman–Crippen MR) is 81.2 cm³/mol. The first kappa shape index (κ1) is 16.9. The van der Waals surface area contributed by atoms with Crippen LogP contribution in [0.2, 0.25) is 0 Å². The number of para-hydroxylation sites is 1. The Morgan fingerprint density at radius 1 is 1.15 bits per heavy atom. The monoisotopic (exact) mass is 300 g/mol. The molecule has 1 rings (SSSR count). The van der Waals surface area contributed by atoms with Crippen molar-refractivity contribution in [3.63, 3.8) is 0 Å². The number of nitrogens with one attached hydrogen (secondary N) is 2. The van der Waals surface area contributed by atoms with E-state index in [4.69, 9.17) is 5.11 Å². The van der Waals surface area contributed by atoms with Gasteiger partial charge in [0.2, 0.25) is 10.0 Å². The lowest BCUT2D eigenvalue weighted by Gasteiger charge is -2.22. The SMILES string of the molecule is CC(C)NS(=O)(=O)c1ccccc1NC(C)C(C)CO. The van der Waals surface area contributed by atoms with Crippen LogP contribution in [0.15, 0.2) is 29.2 Å². The maximum Gasteiger partial charge on any atom is 0.242 e. The summed E-state index contributed by atoms with van der Waals surface area (Å²) in [5.74, 6) is 0.0313. The van der Waals surface area contributed by atoms with Gasteiger partial charge in [-0.1, -0.05) is 19.1 Å². The van der Waals surface area contributed by atoms with E-state index >= 15 is 0 Å². The molecule has 114 valence electrons. The van der Waals surface area contributed by atoms with Gasteiger partial charge in [0.05, 0.1) is 5.69 Å². The first-order valence-electron chi connectivity index (χ1n) is 6.76. The molecule has 5 nitrogen and oxygen atoms in total. The molecule has 2 atom stereocenters. The summed E-state index contributed by atoms with van der Waals surface area (Å²) < 4.78 is 27.1. The molecule has 0 fully saturated rings. The molecule has 1 aromatic carbocycles. The number of hydrogen-bond donors (Lipinski definition) is 3. The molecule has 0 bridgehead atoms. The smallest absolute Gasteiger partial charge is 0.242 e. The minimum absolute atomic E-state index is 0.0313. The zero-order valence-electron chi connectivity index (χ0n) is 12.4. The second kappa shape index (κ2) is 7.06. The molecule has 1 aromatic rings. The fourth-order valence-electron chi connectivity index (χ4n) is 1.74. The van der Waals surface area contributed by atoms with Gasteiger partial charge in [0.1, 0.15) is 4.90 Å². The van der Waals surface area contributed by atoms with Crippen LogP contribution in [-0.4, -0.2) is 32.2 Å². The quantitative estimate of drug-likeness (QED) is 0.717. The Balaban J connectivity index is 3.05. The van der Waals surface area contributed by atoms with Crippen molar-refractivity contribution in [3.05, 3.63) is 24.3 Å². The van der Waals surface area contributed by atoms with Crippen LogP contribution in [0.4, 0.5) is 5.69 Å². The van der Waals surface area contributed by atoms with Crippen molar-refractivity contribution in [2.24, 2.45) is 5.92 Å². The predicted octanol–water partition coefficient (Wildman–Crippen LogP) is 1.80. The molecule has 0 amide bonds. The number of aliphatic hydroxyl groups is 1. The van der Waals surface area contributed by atoms with E-state index in [9.17, 15) is 8.42 Å². The van der Waals surface area contributed by atoms with Gasteiger partial charge >= 0.3 is 0 Å². The van der Waals surface area contributed by atoms with Gasteiger partial charge in [-0.05, 0) is 38.8 Å². The minimum Gasteiger partial charge on any atom is -0.396 e. The highest BCUT2D eigenvalue weighted by molar-refractivity contribution is 7.89. The zero-order valence-corrected chi connectivity index (χ0v) is 13.2. The van der Waals surface area contributed by atoms with Gasteiger partial charge in [-0.2, -0.15) is 0 Å². The van der Waals surface area contributed by atoms with Gasteiger partial charge < -0.3 is 10.4 Å². The van der Waals surface area contributed by atoms with Crippen molar-refractivity contribution in [3.8, 4) is 0 Å². The summed E-state index contributed by atoms with van der Waals surface area (Å²) in [4.78, 5) is 0.227. The molecule has 20 heavy (non-hydrogen) atoms. The lowest BCUT2D eigenvalue weighted by atomic mass is 10.0. The fraction of sp³-hybridized carbons (Fsp3) is 0.571. The maximum absolute atomic E-state index is 12.3. The van der Waals surface area contributed by atoms with E-state index < -0.39 is 10.0 Å². The lowest BCUT2D eigenvalue weighted by molar-refractivity contribution is 0.226. The molecule has 0 heterocycles. The summed E-state index contributed by atoms with van der Waals surface area (Å²) in [5.41, 5.74) is 0.549. The van der Waals surface area contributed by atoms with E-state index in [2.05, 4.69) is 10.0 Å². The van der Waals surface area contributed by atoms with Gasteiger partial charge in [0.25, 0.3) is 0 Å². The Bertz CT molecular complexity index is 529. The van der Waals surface area contributed by atoms with E-state index in [-0.39, 0.29) is 29.5 Å². The Kier molecular flexibility index (Phi) is 5.98. The van der Waals surface area contributed by atoms with Crippen LogP contribution < -0.4 is 10.0 Å². The summed E-state index contributed by atoms with van der Waals surface area (Å²) in [7, 11) is -3.54. The molecule has 6 heteroatoms. The Morgan fingerprint density at radius 3 is 2.30 bits per heavy atom. The van der Waals surface area contributed by atoms with Crippen LogP contribution in [0.3, 0.4) is 0 Å². The van der Waals surface area contributed by atoms with Crippen LogP contribution in [-0.2, 0) is 10.0 Å². The third-order valence-electron chi connectivity index (χ3n) is 3.09. The highest BCUT2D eigenvalue weighted by atomic mass is 32.2. The molecule has 2 unspecified atom stereocenters. The normalized spacial score (nSPS) is 15.1. The number of anilines is 1. The van der Waals surface area contributed by atoms with E-state index in [1.54, 1.807) is 38.1 Å². The average Bonchev–Trinajstić information content (AvgIpc) is 2.36. The Morgan fingerprint density at radius 2 is 1.75 bits per heavy atom. The number of hydrogen-bond acceptors (Lipinski definition) is 4. The molecule has 0 aliphatic heterocycles. The second-order valence-corrected chi connectivity index (χ2v) is 7.05. The van der Waals surface area contributed by atoms with Crippen molar-refractivity contribution in [2.75, 3.05) is 11.9 Å². The molecule has 0 aromatic heterocycles. The summed E-state index contributed by atoms with van der Waals surface area (Å²) in [6.45, 7) is 7.43. The fourth-order valence-corrected chi connectivity index (χ4v) is 3.16. The zero-order chi connectivity index (χ0) is 15.3. The molecule has 0 saturated carbocycles. The molecule has 0 saturated heterocycles. The van der Waals surface area contributed by atoms with E-state index in [1.165, 1.54) is 0 Å². The van der Waals surface area contributed by atoms with Crippen LogP contribution in [0.5, 0.6) is 0 Å². The Hall–Kier alpha value is -1.11. The van der Waals surface area contributed by atoms with Gasteiger partial charge in [-0.25, -0.2) is 13.1 Å². The van der Waals surface area contributed by atoms with Crippen molar-refractivity contribution < 1.29 is 13.5 Å². The summed E-state index contributed by atoms with van der Waals surface area (Å²) in [6.07, 6.45) is 0. The van der Waals surface area contributed by atoms with Crippen molar-refractivity contribution in [1.82, 2.24) is 4.72 Å². The highest BCUT2D eigenvalue weighted by Crippen LogP contribution is 2.23. The van der Waals surface area contributed by atoms with Crippen molar-refractivity contribution >= 4 is 15.7 Å². The number of rotatable bonds is 7. The molecule has 0 aliphatic carbocycles. The number of sulfonamides is 1. The van der Waals surface area contributed by atoms with Gasteiger partial charge in [0.15, 0.2) is 0 Å². The molecule has 0 spiro atoms. The largest absolute Gasteiger partial charge is 0.396 e. The first-order valence-corrected chi connectivity index (χ1v) is 8.25. The maximum atomic E-state index is 12.3. The standard InChI is InChI=1S/C14H24N2O3S/c1-10(2)16-20(18,19)14-8-6-5-7-13(14)15-12(4)11(3)9-17/h5-8,10-12,15-17H,9H2,1-4H3. The van der Waals surface area contributed by atoms with Crippen LogP contribution >= 0.6 is 0 Å². The minimum atomic E-state index is -3.54. The number of benzene rings is 1. The molecular formula is C14H24N2O3S. The third kappa shape index (κ3) is 4.47. The summed E-state index contributed by atoms with van der Waals surface area (Å²) in [6, 6.07) is 6.59. The molecule has 3 N–H and O–H groups in total. The van der Waals surface area contributed by atoms with Crippen LogP contribution in [0.1, 0.15) is 27.7 Å². The Labute approximate surface area is 121 Å². The topological polar surface area (TPSA) is 78.4 Å². The van der Waals surface area contributed by atoms with Crippen molar-refractivity contribution in [1.29, 1.82) is 0 Å². The second-order valence-electron chi connectivity index (χ2n) is 5.37. The third-order valence-corrected chi connectivity index (χ3v) is 4.81. The summed E-state index contributed by atoms with van der Waals surface area (Å²) >= 11 is 0. The molecule has 0 aliphatic rings. The average molecular weight is 300 g/mol. The number of aliphatic hydroxyl groups excluding tert-OH is 1. The van der Waals surface area contributed by atoms with Crippen LogP contribution in [0.25, 0.3) is 0 Å². The van der Waals surface area contributed by atoms with E-state index in [1.807, 2.05) is 13.8 Å².